The van der Waals surface area contributed by atoms with Crippen LogP contribution in [0.4, 0.5) is 5.69 Å². The monoisotopic (exact) mass is 338 g/mol. The summed E-state index contributed by atoms with van der Waals surface area (Å²) in [5.41, 5.74) is 3.90. The molecule has 0 saturated carbocycles. The summed E-state index contributed by atoms with van der Waals surface area (Å²) < 4.78 is 11.8. The Bertz CT molecular complexity index is 857. The van der Waals surface area contributed by atoms with Gasteiger partial charge in [-0.3, -0.25) is 0 Å². The highest BCUT2D eigenvalue weighted by molar-refractivity contribution is 5.73. The molecule has 1 aliphatic heterocycles. The number of ether oxygens (including phenoxy) is 2. The maximum atomic E-state index is 6.08. The molecule has 1 fully saturated rings. The third-order valence-electron chi connectivity index (χ3n) is 4.27. The van der Waals surface area contributed by atoms with Crippen molar-refractivity contribution in [1.29, 1.82) is 0 Å². The second kappa shape index (κ2) is 6.13. The van der Waals surface area contributed by atoms with Crippen LogP contribution in [0.5, 0.6) is 0 Å². The first kappa shape index (κ1) is 16.1. The van der Waals surface area contributed by atoms with Crippen LogP contribution in [0.15, 0.2) is 48.5 Å². The topological polar surface area (TPSA) is 61.2 Å². The highest BCUT2D eigenvalue weighted by atomic mass is 16.7. The first-order chi connectivity index (χ1) is 12.0. The van der Waals surface area contributed by atoms with Crippen molar-refractivity contribution in [2.24, 2.45) is 0 Å². The summed E-state index contributed by atoms with van der Waals surface area (Å²) in [6, 6.07) is 16.1. The summed E-state index contributed by atoms with van der Waals surface area (Å²) in [4.78, 5) is 1.70. The minimum atomic E-state index is -0.607. The fraction of sp³-hybridized carbons (Fsp3) is 0.368. The van der Waals surface area contributed by atoms with Crippen molar-refractivity contribution >= 4 is 16.7 Å². The molecule has 4 rings (SSSR count). The molecule has 0 bridgehead atoms. The normalized spacial score (nSPS) is 20.7. The van der Waals surface area contributed by atoms with E-state index in [0.717, 1.165) is 16.7 Å². The molecule has 1 N–H and O–H groups in total. The molecule has 25 heavy (non-hydrogen) atoms. The number of benzene rings is 2. The lowest BCUT2D eigenvalue weighted by Crippen LogP contribution is -2.35. The van der Waals surface area contributed by atoms with E-state index in [0.29, 0.717) is 6.61 Å². The number of fused-ring (bicyclic) bond motifs is 1. The fourth-order valence-electron chi connectivity index (χ4n) is 3.08. The summed E-state index contributed by atoms with van der Waals surface area (Å²) in [7, 11) is 0. The van der Waals surface area contributed by atoms with E-state index < -0.39 is 5.79 Å². The molecule has 1 aromatic heterocycles. The SMILES string of the molecule is Cc1cccc(NC([C@H]2COC(C)(C)O2)n2nc3ccccc3n2)c1. The fourth-order valence-corrected chi connectivity index (χ4v) is 3.08. The average molecular weight is 338 g/mol. The number of anilines is 1. The van der Waals surface area contributed by atoms with E-state index in [9.17, 15) is 0 Å². The highest BCUT2D eigenvalue weighted by Crippen LogP contribution is 2.30. The van der Waals surface area contributed by atoms with Crippen molar-refractivity contribution in [3.8, 4) is 0 Å². The summed E-state index contributed by atoms with van der Waals surface area (Å²) in [5.74, 6) is -0.607. The van der Waals surface area contributed by atoms with Crippen molar-refractivity contribution in [3.05, 3.63) is 54.1 Å². The summed E-state index contributed by atoms with van der Waals surface area (Å²) in [6.45, 7) is 6.39. The number of aromatic nitrogens is 3. The average Bonchev–Trinajstić information content (AvgIpc) is 3.15. The molecule has 2 aromatic carbocycles. The molecule has 6 heteroatoms. The minimum Gasteiger partial charge on any atom is -0.360 e. The van der Waals surface area contributed by atoms with Crippen LogP contribution in [-0.4, -0.2) is 33.5 Å². The molecule has 2 heterocycles. The molecule has 130 valence electrons. The maximum Gasteiger partial charge on any atom is 0.169 e. The maximum absolute atomic E-state index is 6.08. The lowest BCUT2D eigenvalue weighted by molar-refractivity contribution is -0.143. The van der Waals surface area contributed by atoms with Crippen LogP contribution in [0.2, 0.25) is 0 Å². The molecule has 1 aliphatic rings. The molecule has 2 atom stereocenters. The Morgan fingerprint density at radius 1 is 1.12 bits per heavy atom. The molecule has 0 radical (unpaired) electrons. The van der Waals surface area contributed by atoms with Gasteiger partial charge >= 0.3 is 0 Å². The van der Waals surface area contributed by atoms with E-state index in [1.54, 1.807) is 4.80 Å². The zero-order chi connectivity index (χ0) is 17.4. The number of nitrogens with one attached hydrogen (secondary N) is 1. The van der Waals surface area contributed by atoms with Crippen LogP contribution in [0, 0.1) is 6.92 Å². The van der Waals surface area contributed by atoms with Crippen molar-refractivity contribution < 1.29 is 9.47 Å². The Kier molecular flexibility index (Phi) is 3.94. The number of nitrogens with zero attached hydrogens (tertiary/aromatic N) is 3. The van der Waals surface area contributed by atoms with Gasteiger partial charge in [0.15, 0.2) is 12.0 Å². The molecular formula is C19H22N4O2. The molecular weight excluding hydrogens is 316 g/mol. The van der Waals surface area contributed by atoms with E-state index in [1.165, 1.54) is 5.56 Å². The van der Waals surface area contributed by atoms with Gasteiger partial charge in [-0.25, -0.2) is 0 Å². The quantitative estimate of drug-likeness (QED) is 0.789. The summed E-state index contributed by atoms with van der Waals surface area (Å²) >= 11 is 0. The molecule has 1 unspecified atom stereocenters. The van der Waals surface area contributed by atoms with E-state index in [-0.39, 0.29) is 12.3 Å². The van der Waals surface area contributed by atoms with Crippen LogP contribution in [0.1, 0.15) is 25.6 Å². The van der Waals surface area contributed by atoms with Crippen molar-refractivity contribution in [2.45, 2.75) is 38.8 Å². The third-order valence-corrected chi connectivity index (χ3v) is 4.27. The smallest absolute Gasteiger partial charge is 0.169 e. The number of hydrogen-bond donors (Lipinski definition) is 1. The standard InChI is InChI=1S/C19H22N4O2/c1-13-7-6-8-14(11-13)20-18(17-12-24-19(2,3)25-17)23-21-15-9-4-5-10-16(15)22-23/h4-11,17-18,20H,12H2,1-3H3/t17-,18?/m1/s1. The Hall–Kier alpha value is -2.44. The van der Waals surface area contributed by atoms with Gasteiger partial charge in [0.25, 0.3) is 0 Å². The largest absolute Gasteiger partial charge is 0.360 e. The lowest BCUT2D eigenvalue weighted by Gasteiger charge is -2.25. The molecule has 6 nitrogen and oxygen atoms in total. The van der Waals surface area contributed by atoms with Crippen molar-refractivity contribution in [3.63, 3.8) is 0 Å². The predicted molar refractivity (Wildman–Crippen MR) is 96.3 cm³/mol. The van der Waals surface area contributed by atoms with Gasteiger partial charge in [-0.05, 0) is 50.6 Å². The third kappa shape index (κ3) is 3.36. The van der Waals surface area contributed by atoms with Gasteiger partial charge in [-0.2, -0.15) is 15.0 Å². The summed E-state index contributed by atoms with van der Waals surface area (Å²) in [6.07, 6.45) is -0.465. The van der Waals surface area contributed by atoms with Gasteiger partial charge in [0.1, 0.15) is 17.1 Å². The van der Waals surface area contributed by atoms with Gasteiger partial charge in [0.05, 0.1) is 6.61 Å². The molecule has 1 saturated heterocycles. The van der Waals surface area contributed by atoms with Gasteiger partial charge in [-0.15, -0.1) is 0 Å². The van der Waals surface area contributed by atoms with Crippen molar-refractivity contribution in [2.75, 3.05) is 11.9 Å². The van der Waals surface area contributed by atoms with E-state index >= 15 is 0 Å². The highest BCUT2D eigenvalue weighted by Gasteiger charge is 2.39. The van der Waals surface area contributed by atoms with Crippen molar-refractivity contribution in [1.82, 2.24) is 15.0 Å². The Balaban J connectivity index is 1.70. The van der Waals surface area contributed by atoms with Crippen LogP contribution in [0.3, 0.4) is 0 Å². The summed E-state index contributed by atoms with van der Waals surface area (Å²) in [5, 5.41) is 12.8. The lowest BCUT2D eigenvalue weighted by atomic mass is 10.2. The first-order valence-corrected chi connectivity index (χ1v) is 8.47. The van der Waals surface area contributed by atoms with Crippen LogP contribution in [-0.2, 0) is 9.47 Å². The van der Waals surface area contributed by atoms with Crippen LogP contribution in [0.25, 0.3) is 11.0 Å². The first-order valence-electron chi connectivity index (χ1n) is 8.47. The Morgan fingerprint density at radius 2 is 1.84 bits per heavy atom. The van der Waals surface area contributed by atoms with E-state index in [2.05, 4.69) is 34.6 Å². The van der Waals surface area contributed by atoms with Gasteiger partial charge in [-0.1, -0.05) is 24.3 Å². The Labute approximate surface area is 146 Å². The second-order valence-corrected chi connectivity index (χ2v) is 6.83. The van der Waals surface area contributed by atoms with Crippen LogP contribution >= 0.6 is 0 Å². The van der Waals surface area contributed by atoms with E-state index in [1.807, 2.05) is 50.2 Å². The van der Waals surface area contributed by atoms with Gasteiger partial charge < -0.3 is 14.8 Å². The molecule has 0 amide bonds. The zero-order valence-corrected chi connectivity index (χ0v) is 14.6. The molecule has 0 spiro atoms. The zero-order valence-electron chi connectivity index (χ0n) is 14.6. The number of rotatable bonds is 4. The second-order valence-electron chi connectivity index (χ2n) is 6.83. The predicted octanol–water partition coefficient (Wildman–Crippen LogP) is 3.50. The number of hydrogen-bond acceptors (Lipinski definition) is 5. The van der Waals surface area contributed by atoms with Crippen LogP contribution < -0.4 is 5.32 Å². The van der Waals surface area contributed by atoms with Gasteiger partial charge in [0, 0.05) is 5.69 Å². The number of aryl methyl sites for hydroxylation is 1. The Morgan fingerprint density at radius 3 is 2.44 bits per heavy atom. The van der Waals surface area contributed by atoms with E-state index in [4.69, 9.17) is 9.47 Å². The molecule has 0 aliphatic carbocycles. The minimum absolute atomic E-state index is 0.197. The van der Waals surface area contributed by atoms with Gasteiger partial charge in [0.2, 0.25) is 0 Å². The molecule has 3 aromatic rings.